The molecule has 0 bridgehead atoms. The van der Waals surface area contributed by atoms with Crippen LogP contribution in [0.1, 0.15) is 13.3 Å². The van der Waals surface area contributed by atoms with Crippen LogP contribution in [0.4, 0.5) is 0 Å². The summed E-state index contributed by atoms with van der Waals surface area (Å²) in [5.41, 5.74) is -0.971. The van der Waals surface area contributed by atoms with Gasteiger partial charge in [0, 0.05) is 12.0 Å². The van der Waals surface area contributed by atoms with Crippen LogP contribution in [-0.4, -0.2) is 45.6 Å². The van der Waals surface area contributed by atoms with Gasteiger partial charge in [-0.2, -0.15) is 4.99 Å². The minimum atomic E-state index is -0.971. The summed E-state index contributed by atoms with van der Waals surface area (Å²) < 4.78 is 0. The lowest BCUT2D eigenvalue weighted by molar-refractivity contribution is -0.133. The van der Waals surface area contributed by atoms with Crippen molar-refractivity contribution in [1.82, 2.24) is 10.2 Å². The molecule has 3 heterocycles. The average molecular weight is 290 g/mol. The zero-order valence-corrected chi connectivity index (χ0v) is 11.8. The molecule has 0 aromatic carbocycles. The molecule has 3 rings (SSSR count). The quantitative estimate of drug-likeness (QED) is 0.770. The van der Waals surface area contributed by atoms with Crippen LogP contribution in [0.25, 0.3) is 0 Å². The molecule has 1 unspecified atom stereocenters. The van der Waals surface area contributed by atoms with Crippen molar-refractivity contribution in [2.24, 2.45) is 9.98 Å². The van der Waals surface area contributed by atoms with Crippen LogP contribution in [0.15, 0.2) is 34.4 Å². The second-order valence-corrected chi connectivity index (χ2v) is 5.96. The highest BCUT2D eigenvalue weighted by molar-refractivity contribution is 8.14. The van der Waals surface area contributed by atoms with Gasteiger partial charge in [0.05, 0.1) is 13.0 Å². The summed E-state index contributed by atoms with van der Waals surface area (Å²) in [7, 11) is 0. The maximum atomic E-state index is 12.6. The molecule has 6 nitrogen and oxygen atoms in total. The van der Waals surface area contributed by atoms with Gasteiger partial charge in [0.15, 0.2) is 5.17 Å². The molecule has 1 N–H and O–H groups in total. The highest BCUT2D eigenvalue weighted by atomic mass is 32.2. The summed E-state index contributed by atoms with van der Waals surface area (Å²) in [6, 6.07) is 0. The standard InChI is InChI=1S/C13H14N4O2S/c1-13(11(19)16-12-14-5-7-20-12)8-10(18)15-9-4-2-3-6-17(9)13/h2-4,6H,5,7-8H2,1H3,(H,14,16,19). The zero-order valence-electron chi connectivity index (χ0n) is 11.0. The maximum absolute atomic E-state index is 12.6. The number of aliphatic imine (C=N–C) groups is 2. The Bertz CT molecular complexity index is 593. The Balaban J connectivity index is 1.87. The SMILES string of the molecule is CC1(C(=O)NC2=NCCS2)CC(=O)N=C2C=CC=CN21. The third kappa shape index (κ3) is 2.18. The van der Waals surface area contributed by atoms with Crippen molar-refractivity contribution < 1.29 is 9.59 Å². The number of hydrogen-bond acceptors (Lipinski definition) is 5. The topological polar surface area (TPSA) is 74.1 Å². The van der Waals surface area contributed by atoms with Crippen molar-refractivity contribution in [1.29, 1.82) is 0 Å². The molecule has 0 aromatic heterocycles. The molecule has 0 saturated heterocycles. The molecule has 0 fully saturated rings. The molecular weight excluding hydrogens is 276 g/mol. The van der Waals surface area contributed by atoms with E-state index in [1.54, 1.807) is 30.2 Å². The minimum Gasteiger partial charge on any atom is -0.317 e. The lowest BCUT2D eigenvalue weighted by Gasteiger charge is -2.41. The Kier molecular flexibility index (Phi) is 3.21. The van der Waals surface area contributed by atoms with E-state index >= 15 is 0 Å². The largest absolute Gasteiger partial charge is 0.317 e. The van der Waals surface area contributed by atoms with Crippen molar-refractivity contribution in [3.05, 3.63) is 24.4 Å². The molecule has 0 aliphatic carbocycles. The molecule has 2 amide bonds. The Morgan fingerprint density at radius 1 is 1.50 bits per heavy atom. The van der Waals surface area contributed by atoms with Crippen molar-refractivity contribution in [2.45, 2.75) is 18.9 Å². The van der Waals surface area contributed by atoms with Crippen LogP contribution in [0.3, 0.4) is 0 Å². The van der Waals surface area contributed by atoms with Crippen LogP contribution in [0, 0.1) is 0 Å². The fraction of sp³-hybridized carbons (Fsp3) is 0.385. The smallest absolute Gasteiger partial charge is 0.252 e. The molecule has 0 radical (unpaired) electrons. The Morgan fingerprint density at radius 2 is 2.35 bits per heavy atom. The van der Waals surface area contributed by atoms with Gasteiger partial charge in [0.25, 0.3) is 11.8 Å². The van der Waals surface area contributed by atoms with Crippen molar-refractivity contribution in [2.75, 3.05) is 12.3 Å². The third-order valence-corrected chi connectivity index (χ3v) is 4.29. The second kappa shape index (κ2) is 4.90. The number of amidine groups is 2. The fourth-order valence-corrected chi connectivity index (χ4v) is 3.05. The lowest BCUT2D eigenvalue weighted by atomic mass is 9.91. The van der Waals surface area contributed by atoms with Gasteiger partial charge in [-0.25, -0.2) is 0 Å². The van der Waals surface area contributed by atoms with E-state index in [0.717, 1.165) is 12.3 Å². The zero-order chi connectivity index (χ0) is 14.2. The first-order valence-electron chi connectivity index (χ1n) is 6.34. The number of fused-ring (bicyclic) bond motifs is 1. The molecule has 104 valence electrons. The highest BCUT2D eigenvalue weighted by Crippen LogP contribution is 2.28. The summed E-state index contributed by atoms with van der Waals surface area (Å²) in [6.07, 6.45) is 7.17. The van der Waals surface area contributed by atoms with E-state index in [1.165, 1.54) is 11.8 Å². The van der Waals surface area contributed by atoms with Gasteiger partial charge in [-0.15, -0.1) is 0 Å². The number of carbonyl (C=O) groups is 2. The summed E-state index contributed by atoms with van der Waals surface area (Å²) >= 11 is 1.52. The summed E-state index contributed by atoms with van der Waals surface area (Å²) in [5, 5.41) is 3.44. The summed E-state index contributed by atoms with van der Waals surface area (Å²) in [4.78, 5) is 34.3. The number of allylic oxidation sites excluding steroid dienone is 2. The van der Waals surface area contributed by atoms with E-state index in [2.05, 4.69) is 15.3 Å². The van der Waals surface area contributed by atoms with Crippen LogP contribution in [0.2, 0.25) is 0 Å². The normalized spacial score (nSPS) is 28.1. The Morgan fingerprint density at radius 3 is 3.10 bits per heavy atom. The molecule has 0 aromatic rings. The Hall–Kier alpha value is -1.89. The number of amides is 2. The van der Waals surface area contributed by atoms with Crippen molar-refractivity contribution >= 4 is 34.6 Å². The van der Waals surface area contributed by atoms with Crippen molar-refractivity contribution in [3.63, 3.8) is 0 Å². The first kappa shape index (κ1) is 13.1. The van der Waals surface area contributed by atoms with Crippen LogP contribution >= 0.6 is 11.8 Å². The molecule has 1 atom stereocenters. The molecule has 0 spiro atoms. The van der Waals surface area contributed by atoms with Gasteiger partial charge in [0.1, 0.15) is 11.4 Å². The molecule has 3 aliphatic heterocycles. The number of rotatable bonds is 1. The predicted octanol–water partition coefficient (Wildman–Crippen LogP) is 0.678. The van der Waals surface area contributed by atoms with Crippen LogP contribution in [-0.2, 0) is 9.59 Å². The Labute approximate surface area is 120 Å². The number of nitrogens with one attached hydrogen (secondary N) is 1. The fourth-order valence-electron chi connectivity index (χ4n) is 2.32. The average Bonchev–Trinajstić information content (AvgIpc) is 2.91. The van der Waals surface area contributed by atoms with Crippen molar-refractivity contribution in [3.8, 4) is 0 Å². The van der Waals surface area contributed by atoms with E-state index in [1.807, 2.05) is 6.08 Å². The van der Waals surface area contributed by atoms with Crippen LogP contribution in [0.5, 0.6) is 0 Å². The van der Waals surface area contributed by atoms with Gasteiger partial charge >= 0.3 is 0 Å². The number of hydrogen-bond donors (Lipinski definition) is 1. The van der Waals surface area contributed by atoms with Gasteiger partial charge in [0.2, 0.25) is 0 Å². The lowest BCUT2D eigenvalue weighted by Crippen LogP contribution is -2.60. The number of carbonyl (C=O) groups excluding carboxylic acids is 2. The molecular formula is C13H14N4O2S. The highest BCUT2D eigenvalue weighted by Gasteiger charge is 2.45. The molecule has 3 aliphatic rings. The van der Waals surface area contributed by atoms with Gasteiger partial charge < -0.3 is 10.2 Å². The number of nitrogens with zero attached hydrogens (tertiary/aromatic N) is 3. The number of thioether (sulfide) groups is 1. The second-order valence-electron chi connectivity index (χ2n) is 4.87. The minimum absolute atomic E-state index is 0.0540. The van der Waals surface area contributed by atoms with Gasteiger partial charge in [-0.05, 0) is 19.1 Å². The summed E-state index contributed by atoms with van der Waals surface area (Å²) in [6.45, 7) is 2.47. The first-order valence-corrected chi connectivity index (χ1v) is 7.32. The molecule has 0 saturated carbocycles. The van der Waals surface area contributed by atoms with E-state index in [-0.39, 0.29) is 18.2 Å². The van der Waals surface area contributed by atoms with E-state index in [4.69, 9.17) is 0 Å². The molecule has 7 heteroatoms. The van der Waals surface area contributed by atoms with E-state index in [0.29, 0.717) is 11.0 Å². The van der Waals surface area contributed by atoms with E-state index < -0.39 is 5.54 Å². The van der Waals surface area contributed by atoms with Gasteiger partial charge in [-0.3, -0.25) is 14.6 Å². The summed E-state index contributed by atoms with van der Waals surface area (Å²) in [5.74, 6) is 0.869. The van der Waals surface area contributed by atoms with Gasteiger partial charge in [-0.1, -0.05) is 17.8 Å². The van der Waals surface area contributed by atoms with E-state index in [9.17, 15) is 9.59 Å². The first-order chi connectivity index (χ1) is 9.59. The predicted molar refractivity (Wildman–Crippen MR) is 78.5 cm³/mol. The molecule has 20 heavy (non-hydrogen) atoms. The monoisotopic (exact) mass is 290 g/mol. The van der Waals surface area contributed by atoms with Crippen LogP contribution < -0.4 is 5.32 Å². The maximum Gasteiger partial charge on any atom is 0.252 e. The third-order valence-electron chi connectivity index (χ3n) is 3.40.